The Kier molecular flexibility index (Phi) is 3.59. The molecule has 1 N–H and O–H groups in total. The van der Waals surface area contributed by atoms with Crippen LogP contribution in [0.2, 0.25) is 5.02 Å². The van der Waals surface area contributed by atoms with E-state index in [0.29, 0.717) is 0 Å². The summed E-state index contributed by atoms with van der Waals surface area (Å²) in [5, 5.41) is 8.54. The van der Waals surface area contributed by atoms with E-state index in [9.17, 15) is 13.6 Å². The summed E-state index contributed by atoms with van der Waals surface area (Å²) in [6.45, 7) is 0. The number of carboxylic acid groups (broad SMARTS) is 1. The van der Waals surface area contributed by atoms with E-state index in [0.717, 1.165) is 6.20 Å². The van der Waals surface area contributed by atoms with Gasteiger partial charge in [0.15, 0.2) is 0 Å². The highest BCUT2D eigenvalue weighted by molar-refractivity contribution is 14.1. The smallest absolute Gasteiger partial charge is 0.338 e. The number of aromatic nitrogens is 1. The lowest BCUT2D eigenvalue weighted by molar-refractivity contribution is 0.0695. The van der Waals surface area contributed by atoms with E-state index in [2.05, 4.69) is 4.98 Å². The Hall–Kier alpha value is -0.500. The minimum atomic E-state index is -2.81. The molecule has 0 aromatic carbocycles. The van der Waals surface area contributed by atoms with E-state index in [-0.39, 0.29) is 14.2 Å². The lowest BCUT2D eigenvalue weighted by Crippen LogP contribution is -2.06. The first-order chi connectivity index (χ1) is 6.45. The van der Waals surface area contributed by atoms with Gasteiger partial charge in [-0.05, 0) is 22.6 Å². The van der Waals surface area contributed by atoms with Crippen LogP contribution >= 0.6 is 34.2 Å². The molecule has 0 aliphatic carbocycles. The molecule has 1 heterocycles. The Morgan fingerprint density at radius 2 is 2.21 bits per heavy atom. The van der Waals surface area contributed by atoms with Crippen LogP contribution in [0.3, 0.4) is 0 Å². The summed E-state index contributed by atoms with van der Waals surface area (Å²) in [5.41, 5.74) is -0.898. The maximum Gasteiger partial charge on any atom is 0.338 e. The highest BCUT2D eigenvalue weighted by Crippen LogP contribution is 2.28. The summed E-state index contributed by atoms with van der Waals surface area (Å²) in [4.78, 5) is 14.0. The number of aromatic carboxylic acids is 1. The molecule has 14 heavy (non-hydrogen) atoms. The maximum atomic E-state index is 12.3. The first-order valence-electron chi connectivity index (χ1n) is 3.30. The molecule has 1 aromatic rings. The van der Waals surface area contributed by atoms with Crippen molar-refractivity contribution in [2.24, 2.45) is 0 Å². The lowest BCUT2D eigenvalue weighted by Gasteiger charge is -2.06. The molecule has 0 saturated carbocycles. The molecule has 0 spiro atoms. The van der Waals surface area contributed by atoms with Crippen LogP contribution in [-0.4, -0.2) is 16.1 Å². The van der Waals surface area contributed by atoms with Crippen LogP contribution in [0.15, 0.2) is 6.20 Å². The Labute approximate surface area is 96.2 Å². The van der Waals surface area contributed by atoms with Gasteiger partial charge in [0.2, 0.25) is 0 Å². The SMILES string of the molecule is O=C(O)c1c(Cl)cnc(C(F)F)c1I. The first kappa shape index (κ1) is 11.6. The largest absolute Gasteiger partial charge is 0.478 e. The van der Waals surface area contributed by atoms with Crippen LogP contribution in [0.5, 0.6) is 0 Å². The van der Waals surface area contributed by atoms with E-state index in [1.54, 1.807) is 0 Å². The minimum absolute atomic E-state index is 0.127. The molecule has 3 nitrogen and oxygen atoms in total. The number of carbonyl (C=O) groups is 1. The van der Waals surface area contributed by atoms with Crippen LogP contribution in [-0.2, 0) is 0 Å². The number of carboxylic acids is 1. The molecule has 0 fully saturated rings. The molecule has 1 rings (SSSR count). The monoisotopic (exact) mass is 333 g/mol. The standard InChI is InChI=1S/C7H3ClF2INO2/c8-2-1-12-5(6(9)10)4(11)3(2)7(13)14/h1,6H,(H,13,14). The average Bonchev–Trinajstić information content (AvgIpc) is 2.02. The highest BCUT2D eigenvalue weighted by atomic mass is 127. The first-order valence-corrected chi connectivity index (χ1v) is 4.76. The number of alkyl halides is 2. The van der Waals surface area contributed by atoms with Crippen molar-refractivity contribution in [2.75, 3.05) is 0 Å². The molecule has 0 aliphatic rings. The van der Waals surface area contributed by atoms with Crippen LogP contribution in [0.25, 0.3) is 0 Å². The van der Waals surface area contributed by atoms with E-state index in [1.807, 2.05) is 0 Å². The van der Waals surface area contributed by atoms with Gasteiger partial charge < -0.3 is 5.11 Å². The number of hydrogen-bond donors (Lipinski definition) is 1. The van der Waals surface area contributed by atoms with Gasteiger partial charge in [0, 0.05) is 6.20 Å². The zero-order valence-electron chi connectivity index (χ0n) is 6.47. The molecule has 7 heteroatoms. The zero-order valence-corrected chi connectivity index (χ0v) is 9.38. The molecule has 0 amide bonds. The van der Waals surface area contributed by atoms with E-state index in [1.165, 1.54) is 22.6 Å². The summed E-state index contributed by atoms with van der Waals surface area (Å²) < 4.78 is 24.5. The maximum absolute atomic E-state index is 12.3. The van der Waals surface area contributed by atoms with Gasteiger partial charge in [-0.25, -0.2) is 13.6 Å². The zero-order chi connectivity index (χ0) is 10.9. The quantitative estimate of drug-likeness (QED) is 0.847. The molecule has 0 radical (unpaired) electrons. The Balaban J connectivity index is 3.41. The normalized spacial score (nSPS) is 10.6. The molecule has 0 saturated heterocycles. The van der Waals surface area contributed by atoms with E-state index < -0.39 is 18.1 Å². The Morgan fingerprint density at radius 3 is 2.64 bits per heavy atom. The van der Waals surface area contributed by atoms with Gasteiger partial charge in [-0.1, -0.05) is 11.6 Å². The van der Waals surface area contributed by atoms with Crippen molar-refractivity contribution < 1.29 is 18.7 Å². The van der Waals surface area contributed by atoms with Crippen molar-refractivity contribution in [1.29, 1.82) is 0 Å². The number of pyridine rings is 1. The van der Waals surface area contributed by atoms with Crippen molar-refractivity contribution >= 4 is 40.2 Å². The molecule has 0 aliphatic heterocycles. The van der Waals surface area contributed by atoms with Crippen LogP contribution < -0.4 is 0 Å². The molecule has 1 aromatic heterocycles. The fourth-order valence-electron chi connectivity index (χ4n) is 0.829. The molecular formula is C7H3ClF2INO2. The third kappa shape index (κ3) is 2.11. The third-order valence-corrected chi connectivity index (χ3v) is 2.80. The molecule has 0 bridgehead atoms. The number of nitrogens with zero attached hydrogens (tertiary/aromatic N) is 1. The second-order valence-electron chi connectivity index (χ2n) is 2.29. The Morgan fingerprint density at radius 1 is 1.64 bits per heavy atom. The van der Waals surface area contributed by atoms with Gasteiger partial charge in [-0.3, -0.25) is 4.98 Å². The second kappa shape index (κ2) is 4.35. The van der Waals surface area contributed by atoms with Crippen molar-refractivity contribution in [3.05, 3.63) is 26.0 Å². The molecular weight excluding hydrogens is 330 g/mol. The number of halogens is 4. The Bertz CT molecular complexity index is 386. The molecule has 0 atom stereocenters. The van der Waals surface area contributed by atoms with Crippen molar-refractivity contribution in [2.45, 2.75) is 6.43 Å². The summed E-state index contributed by atoms with van der Waals surface area (Å²) in [5.74, 6) is -1.34. The van der Waals surface area contributed by atoms with Gasteiger partial charge in [0.1, 0.15) is 5.69 Å². The topological polar surface area (TPSA) is 50.2 Å². The fourth-order valence-corrected chi connectivity index (χ4v) is 2.11. The van der Waals surface area contributed by atoms with Crippen molar-refractivity contribution in [3.8, 4) is 0 Å². The number of rotatable bonds is 2. The second-order valence-corrected chi connectivity index (χ2v) is 3.77. The minimum Gasteiger partial charge on any atom is -0.478 e. The van der Waals surface area contributed by atoms with Crippen LogP contribution in [0, 0.1) is 3.57 Å². The van der Waals surface area contributed by atoms with Crippen molar-refractivity contribution in [1.82, 2.24) is 4.98 Å². The summed E-state index contributed by atoms with van der Waals surface area (Å²) in [7, 11) is 0. The van der Waals surface area contributed by atoms with Crippen LogP contribution in [0.1, 0.15) is 22.5 Å². The lowest BCUT2D eigenvalue weighted by atomic mass is 10.2. The summed E-state index contributed by atoms with van der Waals surface area (Å²) in [6.07, 6.45) is -1.90. The van der Waals surface area contributed by atoms with Gasteiger partial charge >= 0.3 is 5.97 Å². The third-order valence-electron chi connectivity index (χ3n) is 1.42. The predicted molar refractivity (Wildman–Crippen MR) is 53.9 cm³/mol. The molecule has 0 unspecified atom stereocenters. The van der Waals surface area contributed by atoms with Crippen LogP contribution in [0.4, 0.5) is 8.78 Å². The van der Waals surface area contributed by atoms with E-state index >= 15 is 0 Å². The fraction of sp³-hybridized carbons (Fsp3) is 0.143. The van der Waals surface area contributed by atoms with E-state index in [4.69, 9.17) is 16.7 Å². The summed E-state index contributed by atoms with van der Waals surface area (Å²) in [6, 6.07) is 0. The number of hydrogen-bond acceptors (Lipinski definition) is 2. The van der Waals surface area contributed by atoms with Gasteiger partial charge in [-0.2, -0.15) is 0 Å². The van der Waals surface area contributed by atoms with Gasteiger partial charge in [0.25, 0.3) is 6.43 Å². The predicted octanol–water partition coefficient (Wildman–Crippen LogP) is 2.98. The van der Waals surface area contributed by atoms with Crippen molar-refractivity contribution in [3.63, 3.8) is 0 Å². The highest BCUT2D eigenvalue weighted by Gasteiger charge is 2.22. The van der Waals surface area contributed by atoms with Gasteiger partial charge in [-0.15, -0.1) is 0 Å². The summed E-state index contributed by atoms with van der Waals surface area (Å²) >= 11 is 7.00. The average molecular weight is 333 g/mol. The molecule has 76 valence electrons. The van der Waals surface area contributed by atoms with Gasteiger partial charge in [0.05, 0.1) is 14.2 Å².